The Morgan fingerprint density at radius 2 is 2.10 bits per heavy atom. The molecular weight excluding hydrogens is 276 g/mol. The van der Waals surface area contributed by atoms with Crippen molar-refractivity contribution in [2.45, 2.75) is 53.0 Å². The molecule has 3 heteroatoms. The number of aromatic nitrogens is 1. The molecule has 3 atom stereocenters. The first-order chi connectivity index (χ1) is 9.90. The van der Waals surface area contributed by atoms with E-state index in [0.717, 1.165) is 16.4 Å². The van der Waals surface area contributed by atoms with Crippen molar-refractivity contribution < 1.29 is 0 Å². The van der Waals surface area contributed by atoms with E-state index in [9.17, 15) is 0 Å². The fraction of sp³-hybridized carbons (Fsp3) is 0.611. The van der Waals surface area contributed by atoms with Gasteiger partial charge in [-0.3, -0.25) is 0 Å². The molecule has 1 aromatic heterocycles. The lowest BCUT2D eigenvalue weighted by atomic mass is 9.69. The summed E-state index contributed by atoms with van der Waals surface area (Å²) in [6.45, 7) is 9.52. The van der Waals surface area contributed by atoms with Gasteiger partial charge in [0.05, 0.1) is 15.2 Å². The number of nitrogens with zero attached hydrogens (tertiary/aromatic N) is 1. The van der Waals surface area contributed by atoms with E-state index in [2.05, 4.69) is 56.2 Å². The number of hydrogen-bond acceptors (Lipinski definition) is 3. The van der Waals surface area contributed by atoms with Crippen LogP contribution in [-0.4, -0.2) is 11.0 Å². The van der Waals surface area contributed by atoms with Crippen LogP contribution in [0.5, 0.6) is 0 Å². The molecule has 2 nitrogen and oxygen atoms in total. The first-order valence-corrected chi connectivity index (χ1v) is 8.85. The van der Waals surface area contributed by atoms with Gasteiger partial charge in [0, 0.05) is 11.7 Å². The molecule has 3 unspecified atom stereocenters. The maximum atomic E-state index is 4.55. The monoisotopic (exact) mass is 300 g/mol. The molecule has 2 fully saturated rings. The molecule has 2 bridgehead atoms. The zero-order valence-electron chi connectivity index (χ0n) is 13.4. The molecule has 21 heavy (non-hydrogen) atoms. The van der Waals surface area contributed by atoms with Gasteiger partial charge < -0.3 is 5.32 Å². The van der Waals surface area contributed by atoms with Gasteiger partial charge in [0.1, 0.15) is 0 Å². The molecule has 112 valence electrons. The SMILES string of the molecule is Cc1nc2ccc(NC3CC4CCC3(C)C4(C)C)cc2s1. The van der Waals surface area contributed by atoms with Gasteiger partial charge in [-0.1, -0.05) is 20.8 Å². The highest BCUT2D eigenvalue weighted by molar-refractivity contribution is 7.18. The van der Waals surface area contributed by atoms with Gasteiger partial charge in [-0.2, -0.15) is 0 Å². The van der Waals surface area contributed by atoms with Crippen molar-refractivity contribution >= 4 is 27.2 Å². The van der Waals surface area contributed by atoms with Crippen LogP contribution in [0.25, 0.3) is 10.2 Å². The Balaban J connectivity index is 1.63. The number of benzene rings is 1. The van der Waals surface area contributed by atoms with E-state index in [1.54, 1.807) is 11.3 Å². The lowest BCUT2D eigenvalue weighted by molar-refractivity contribution is 0.142. The minimum atomic E-state index is 0.427. The van der Waals surface area contributed by atoms with Crippen molar-refractivity contribution in [3.63, 3.8) is 0 Å². The van der Waals surface area contributed by atoms with Crippen LogP contribution in [-0.2, 0) is 0 Å². The summed E-state index contributed by atoms with van der Waals surface area (Å²) in [7, 11) is 0. The summed E-state index contributed by atoms with van der Waals surface area (Å²) in [5.74, 6) is 0.884. The van der Waals surface area contributed by atoms with Crippen molar-refractivity contribution in [1.29, 1.82) is 0 Å². The van der Waals surface area contributed by atoms with Crippen molar-refractivity contribution in [3.8, 4) is 0 Å². The second-order valence-corrected chi connectivity index (χ2v) is 8.96. The Hall–Kier alpha value is -1.09. The predicted octanol–water partition coefficient (Wildman–Crippen LogP) is 5.23. The molecule has 0 saturated heterocycles. The van der Waals surface area contributed by atoms with Crippen LogP contribution in [0.1, 0.15) is 45.0 Å². The smallest absolute Gasteiger partial charge is 0.0907 e. The number of rotatable bonds is 2. The van der Waals surface area contributed by atoms with Crippen LogP contribution in [0.2, 0.25) is 0 Å². The van der Waals surface area contributed by atoms with Crippen molar-refractivity contribution in [3.05, 3.63) is 23.2 Å². The third kappa shape index (κ3) is 1.79. The number of fused-ring (bicyclic) bond motifs is 3. The summed E-state index contributed by atoms with van der Waals surface area (Å²) in [5, 5.41) is 5.00. The van der Waals surface area contributed by atoms with Crippen molar-refractivity contribution in [1.82, 2.24) is 4.98 Å². The summed E-state index contributed by atoms with van der Waals surface area (Å²) >= 11 is 1.79. The van der Waals surface area contributed by atoms with E-state index < -0.39 is 0 Å². The van der Waals surface area contributed by atoms with Crippen LogP contribution in [0.3, 0.4) is 0 Å². The van der Waals surface area contributed by atoms with E-state index in [-0.39, 0.29) is 0 Å². The van der Waals surface area contributed by atoms with Gasteiger partial charge in [0.15, 0.2) is 0 Å². The molecule has 2 aromatic rings. The Morgan fingerprint density at radius 3 is 2.76 bits per heavy atom. The molecule has 2 saturated carbocycles. The Bertz CT molecular complexity index is 702. The number of hydrogen-bond donors (Lipinski definition) is 1. The third-order valence-corrected chi connectivity index (χ3v) is 7.56. The predicted molar refractivity (Wildman–Crippen MR) is 91.0 cm³/mol. The summed E-state index contributed by atoms with van der Waals surface area (Å²) in [6, 6.07) is 7.24. The van der Waals surface area contributed by atoms with Crippen molar-refractivity contribution in [2.24, 2.45) is 16.7 Å². The molecule has 1 N–H and O–H groups in total. The maximum absolute atomic E-state index is 4.55. The molecule has 0 amide bonds. The quantitative estimate of drug-likeness (QED) is 0.821. The summed E-state index contributed by atoms with van der Waals surface area (Å²) in [4.78, 5) is 4.55. The highest BCUT2D eigenvalue weighted by Crippen LogP contribution is 2.65. The standard InChI is InChI=1S/C18H24N2S/c1-11-19-14-6-5-13(10-15(14)21-11)20-16-9-12-7-8-18(16,4)17(12,2)3/h5-6,10,12,16,20H,7-9H2,1-4H3. The molecule has 1 heterocycles. The highest BCUT2D eigenvalue weighted by Gasteiger charge is 2.61. The molecule has 0 radical (unpaired) electrons. The average molecular weight is 300 g/mol. The van der Waals surface area contributed by atoms with Crippen molar-refractivity contribution in [2.75, 3.05) is 5.32 Å². The van der Waals surface area contributed by atoms with Gasteiger partial charge in [-0.05, 0) is 61.1 Å². The normalized spacial score (nSPS) is 33.7. The molecule has 4 rings (SSSR count). The van der Waals surface area contributed by atoms with Gasteiger partial charge in [0.25, 0.3) is 0 Å². The second-order valence-electron chi connectivity index (χ2n) is 7.72. The number of nitrogens with one attached hydrogen (secondary N) is 1. The molecule has 0 aliphatic heterocycles. The largest absolute Gasteiger partial charge is 0.382 e. The minimum Gasteiger partial charge on any atom is -0.382 e. The van der Waals surface area contributed by atoms with Crippen LogP contribution >= 0.6 is 11.3 Å². The van der Waals surface area contributed by atoms with E-state index in [0.29, 0.717) is 16.9 Å². The summed E-state index contributed by atoms with van der Waals surface area (Å²) in [6.07, 6.45) is 4.10. The average Bonchev–Trinajstić information content (AvgIpc) is 2.95. The van der Waals surface area contributed by atoms with Crippen LogP contribution in [0.4, 0.5) is 5.69 Å². The Labute approximate surface area is 131 Å². The lowest BCUT2D eigenvalue weighted by Crippen LogP contribution is -2.40. The minimum absolute atomic E-state index is 0.427. The van der Waals surface area contributed by atoms with Crippen LogP contribution in [0.15, 0.2) is 18.2 Å². The number of aryl methyl sites for hydroxylation is 1. The molecule has 0 spiro atoms. The first-order valence-electron chi connectivity index (χ1n) is 8.04. The maximum Gasteiger partial charge on any atom is 0.0907 e. The highest BCUT2D eigenvalue weighted by atomic mass is 32.1. The zero-order chi connectivity index (χ0) is 14.8. The van der Waals surface area contributed by atoms with Crippen LogP contribution < -0.4 is 5.32 Å². The number of thiazole rings is 1. The molecule has 2 aliphatic carbocycles. The van der Waals surface area contributed by atoms with E-state index in [1.165, 1.54) is 29.6 Å². The van der Waals surface area contributed by atoms with E-state index in [4.69, 9.17) is 0 Å². The first kappa shape index (κ1) is 13.6. The third-order valence-electron chi connectivity index (χ3n) is 6.63. The second kappa shape index (κ2) is 4.22. The van der Waals surface area contributed by atoms with E-state index >= 15 is 0 Å². The Morgan fingerprint density at radius 1 is 1.29 bits per heavy atom. The van der Waals surface area contributed by atoms with E-state index in [1.807, 2.05) is 0 Å². The zero-order valence-corrected chi connectivity index (χ0v) is 14.2. The molecular formula is C18H24N2S. The van der Waals surface area contributed by atoms with Gasteiger partial charge >= 0.3 is 0 Å². The van der Waals surface area contributed by atoms with Gasteiger partial charge in [-0.15, -0.1) is 11.3 Å². The molecule has 1 aromatic carbocycles. The lowest BCUT2D eigenvalue weighted by Gasteiger charge is -2.40. The summed E-state index contributed by atoms with van der Waals surface area (Å²) in [5.41, 5.74) is 3.29. The topological polar surface area (TPSA) is 24.9 Å². The molecule has 2 aliphatic rings. The Kier molecular flexibility index (Phi) is 2.73. The number of anilines is 1. The fourth-order valence-electron chi connectivity index (χ4n) is 4.75. The fourth-order valence-corrected chi connectivity index (χ4v) is 5.62. The van der Waals surface area contributed by atoms with Crippen LogP contribution in [0, 0.1) is 23.7 Å². The van der Waals surface area contributed by atoms with Gasteiger partial charge in [0.2, 0.25) is 0 Å². The van der Waals surface area contributed by atoms with Gasteiger partial charge in [-0.25, -0.2) is 4.98 Å². The summed E-state index contributed by atoms with van der Waals surface area (Å²) < 4.78 is 1.30.